The molecule has 22 heavy (non-hydrogen) atoms. The molecular formula is C18H18N2O2. The maximum atomic E-state index is 12.8. The summed E-state index contributed by atoms with van der Waals surface area (Å²) in [5, 5.41) is 0. The lowest BCUT2D eigenvalue weighted by atomic mass is 10.0. The van der Waals surface area contributed by atoms with Gasteiger partial charge in [-0.15, -0.1) is 0 Å². The van der Waals surface area contributed by atoms with Gasteiger partial charge in [0.15, 0.2) is 0 Å². The van der Waals surface area contributed by atoms with Gasteiger partial charge in [0.05, 0.1) is 22.5 Å². The second-order valence-corrected chi connectivity index (χ2v) is 5.77. The Morgan fingerprint density at radius 3 is 1.41 bits per heavy atom. The van der Waals surface area contributed by atoms with Crippen molar-refractivity contribution >= 4 is 23.2 Å². The molecule has 0 radical (unpaired) electrons. The molecule has 0 N–H and O–H groups in total. The number of carbonyl (C=O) groups excluding carboxylic acids is 2. The summed E-state index contributed by atoms with van der Waals surface area (Å²) in [7, 11) is 3.42. The number of nitrogens with zero attached hydrogens (tertiary/aromatic N) is 2. The third-order valence-electron chi connectivity index (χ3n) is 4.10. The molecule has 1 aliphatic rings. The maximum absolute atomic E-state index is 12.8. The van der Waals surface area contributed by atoms with Gasteiger partial charge in [-0.2, -0.15) is 0 Å². The summed E-state index contributed by atoms with van der Waals surface area (Å²) in [6.45, 7) is 3.87. The Hall–Kier alpha value is -2.62. The summed E-state index contributed by atoms with van der Waals surface area (Å²) in [5.41, 5.74) is 4.35. The predicted molar refractivity (Wildman–Crippen MR) is 87.8 cm³/mol. The number of aryl methyl sites for hydroxylation is 2. The van der Waals surface area contributed by atoms with Crippen LogP contribution in [0.15, 0.2) is 36.4 Å². The van der Waals surface area contributed by atoms with E-state index in [0.29, 0.717) is 22.5 Å². The van der Waals surface area contributed by atoms with E-state index in [-0.39, 0.29) is 11.8 Å². The summed E-state index contributed by atoms with van der Waals surface area (Å²) in [6, 6.07) is 11.1. The van der Waals surface area contributed by atoms with Crippen LogP contribution in [0.3, 0.4) is 0 Å². The van der Waals surface area contributed by atoms with E-state index < -0.39 is 0 Å². The fourth-order valence-corrected chi connectivity index (χ4v) is 2.81. The Labute approximate surface area is 130 Å². The Morgan fingerprint density at radius 2 is 1.05 bits per heavy atom. The highest BCUT2D eigenvalue weighted by Gasteiger charge is 2.29. The van der Waals surface area contributed by atoms with Crippen molar-refractivity contribution in [3.05, 3.63) is 58.7 Å². The van der Waals surface area contributed by atoms with Crippen molar-refractivity contribution in [3.8, 4) is 0 Å². The number of hydrogen-bond acceptors (Lipinski definition) is 2. The van der Waals surface area contributed by atoms with Gasteiger partial charge in [0.1, 0.15) is 0 Å². The lowest BCUT2D eigenvalue weighted by Gasteiger charge is -2.29. The number of hydrogen-bond donors (Lipinski definition) is 0. The standard InChI is InChI=1S/C18H18N2O2/c1-11-5-7-15-13(9-11)17(21)20(4)16-8-6-12(2)10-14(16)18(22)19(15)3/h5-10H,1-4H3. The highest BCUT2D eigenvalue weighted by molar-refractivity contribution is 6.19. The maximum Gasteiger partial charge on any atom is 0.260 e. The summed E-state index contributed by atoms with van der Waals surface area (Å²) in [6.07, 6.45) is 0. The largest absolute Gasteiger partial charge is 0.311 e. The van der Waals surface area contributed by atoms with E-state index in [4.69, 9.17) is 0 Å². The second-order valence-electron chi connectivity index (χ2n) is 5.77. The number of benzene rings is 2. The minimum atomic E-state index is -0.108. The van der Waals surface area contributed by atoms with Gasteiger partial charge in [0, 0.05) is 14.1 Å². The molecule has 0 unspecified atom stereocenters. The van der Waals surface area contributed by atoms with E-state index in [1.807, 2.05) is 50.2 Å². The molecule has 0 aliphatic carbocycles. The van der Waals surface area contributed by atoms with Crippen molar-refractivity contribution < 1.29 is 9.59 Å². The minimum absolute atomic E-state index is 0.108. The zero-order valence-corrected chi connectivity index (χ0v) is 13.2. The summed E-state index contributed by atoms with van der Waals surface area (Å²) in [5.74, 6) is -0.216. The topological polar surface area (TPSA) is 40.6 Å². The molecule has 3 rings (SSSR count). The van der Waals surface area contributed by atoms with E-state index in [0.717, 1.165) is 11.1 Å². The van der Waals surface area contributed by atoms with Crippen molar-refractivity contribution in [2.24, 2.45) is 0 Å². The van der Waals surface area contributed by atoms with Gasteiger partial charge in [0.25, 0.3) is 11.8 Å². The predicted octanol–water partition coefficient (Wildman–Crippen LogP) is 3.17. The van der Waals surface area contributed by atoms with Crippen LogP contribution in [-0.2, 0) is 0 Å². The molecule has 4 heteroatoms. The SMILES string of the molecule is Cc1ccc2c(c1)C(=O)N(C)c1ccc(C)cc1C(=O)N2C. The van der Waals surface area contributed by atoms with E-state index in [9.17, 15) is 9.59 Å². The van der Waals surface area contributed by atoms with E-state index >= 15 is 0 Å². The Bertz CT molecular complexity index is 728. The van der Waals surface area contributed by atoms with Crippen LogP contribution in [-0.4, -0.2) is 25.9 Å². The molecule has 4 nitrogen and oxygen atoms in total. The zero-order chi connectivity index (χ0) is 16.0. The van der Waals surface area contributed by atoms with Crippen molar-refractivity contribution in [2.45, 2.75) is 13.8 Å². The summed E-state index contributed by atoms with van der Waals surface area (Å²) >= 11 is 0. The van der Waals surface area contributed by atoms with Gasteiger partial charge < -0.3 is 9.80 Å². The van der Waals surface area contributed by atoms with Crippen LogP contribution in [0.1, 0.15) is 31.8 Å². The van der Waals surface area contributed by atoms with E-state index in [1.165, 1.54) is 0 Å². The molecule has 0 atom stereocenters. The fourth-order valence-electron chi connectivity index (χ4n) is 2.81. The first kappa shape index (κ1) is 14.3. The third-order valence-corrected chi connectivity index (χ3v) is 4.10. The number of carbonyl (C=O) groups is 2. The van der Waals surface area contributed by atoms with Crippen LogP contribution in [0.4, 0.5) is 11.4 Å². The highest BCUT2D eigenvalue weighted by atomic mass is 16.2. The molecule has 2 amide bonds. The zero-order valence-electron chi connectivity index (χ0n) is 13.2. The van der Waals surface area contributed by atoms with Gasteiger partial charge in [-0.25, -0.2) is 0 Å². The van der Waals surface area contributed by atoms with Crippen molar-refractivity contribution in [3.63, 3.8) is 0 Å². The average molecular weight is 294 g/mol. The minimum Gasteiger partial charge on any atom is -0.311 e. The third kappa shape index (κ3) is 2.08. The van der Waals surface area contributed by atoms with Crippen LogP contribution < -0.4 is 9.80 Å². The van der Waals surface area contributed by atoms with Crippen LogP contribution in [0.2, 0.25) is 0 Å². The summed E-state index contributed by atoms with van der Waals surface area (Å²) in [4.78, 5) is 28.8. The normalized spacial score (nSPS) is 14.4. The first-order valence-corrected chi connectivity index (χ1v) is 7.17. The Balaban J connectivity index is 2.28. The van der Waals surface area contributed by atoms with Gasteiger partial charge in [-0.3, -0.25) is 9.59 Å². The molecule has 0 saturated carbocycles. The van der Waals surface area contributed by atoms with Crippen LogP contribution >= 0.6 is 0 Å². The highest BCUT2D eigenvalue weighted by Crippen LogP contribution is 2.32. The molecule has 0 bridgehead atoms. The fraction of sp³-hybridized carbons (Fsp3) is 0.222. The molecule has 1 heterocycles. The number of fused-ring (bicyclic) bond motifs is 2. The molecule has 0 fully saturated rings. The van der Waals surface area contributed by atoms with Crippen molar-refractivity contribution in [1.29, 1.82) is 0 Å². The molecule has 1 aliphatic heterocycles. The quantitative estimate of drug-likeness (QED) is 0.749. The van der Waals surface area contributed by atoms with Crippen LogP contribution in [0, 0.1) is 13.8 Å². The first-order valence-electron chi connectivity index (χ1n) is 7.17. The monoisotopic (exact) mass is 294 g/mol. The number of anilines is 2. The molecule has 0 spiro atoms. The molecule has 2 aromatic carbocycles. The molecular weight excluding hydrogens is 276 g/mol. The Morgan fingerprint density at radius 1 is 0.682 bits per heavy atom. The smallest absolute Gasteiger partial charge is 0.260 e. The van der Waals surface area contributed by atoms with Gasteiger partial charge in [0.2, 0.25) is 0 Å². The number of rotatable bonds is 0. The second kappa shape index (κ2) is 4.98. The molecule has 2 aromatic rings. The van der Waals surface area contributed by atoms with Crippen molar-refractivity contribution in [1.82, 2.24) is 0 Å². The summed E-state index contributed by atoms with van der Waals surface area (Å²) < 4.78 is 0. The van der Waals surface area contributed by atoms with E-state index in [1.54, 1.807) is 23.9 Å². The van der Waals surface area contributed by atoms with Crippen LogP contribution in [0.25, 0.3) is 0 Å². The van der Waals surface area contributed by atoms with Gasteiger partial charge in [-0.1, -0.05) is 23.3 Å². The number of amides is 2. The molecule has 0 aromatic heterocycles. The average Bonchev–Trinajstić information content (AvgIpc) is 2.51. The lowest BCUT2D eigenvalue weighted by molar-refractivity contribution is 0.0981. The molecule has 112 valence electrons. The van der Waals surface area contributed by atoms with Crippen molar-refractivity contribution in [2.75, 3.05) is 23.9 Å². The molecule has 0 saturated heterocycles. The lowest BCUT2D eigenvalue weighted by Crippen LogP contribution is -2.36. The van der Waals surface area contributed by atoms with E-state index in [2.05, 4.69) is 0 Å². The van der Waals surface area contributed by atoms with Crippen LogP contribution in [0.5, 0.6) is 0 Å². The van der Waals surface area contributed by atoms with Gasteiger partial charge >= 0.3 is 0 Å². The Kier molecular flexibility index (Phi) is 3.24. The van der Waals surface area contributed by atoms with Gasteiger partial charge in [-0.05, 0) is 38.1 Å². The first-order chi connectivity index (χ1) is 10.4.